The molecule has 1 atom stereocenters. The Morgan fingerprint density at radius 3 is 1.73 bits per heavy atom. The van der Waals surface area contributed by atoms with Crippen LogP contribution in [0.15, 0.2) is 0 Å². The van der Waals surface area contributed by atoms with Crippen LogP contribution in [0.3, 0.4) is 0 Å². The van der Waals surface area contributed by atoms with Crippen LogP contribution in [-0.4, -0.2) is 25.5 Å². The molecule has 0 heterocycles. The van der Waals surface area contributed by atoms with Gasteiger partial charge in [-0.15, -0.1) is 12.4 Å². The van der Waals surface area contributed by atoms with E-state index in [4.69, 9.17) is 15.2 Å². The van der Waals surface area contributed by atoms with E-state index in [1.165, 1.54) is 0 Å². The third-order valence-corrected chi connectivity index (χ3v) is 1.09. The molecule has 0 aromatic heterocycles. The minimum absolute atomic E-state index is 0. The maximum absolute atomic E-state index is 5.56. The molecule has 2 N–H and O–H groups in total. The van der Waals surface area contributed by atoms with Gasteiger partial charge < -0.3 is 15.2 Å². The predicted octanol–water partition coefficient (Wildman–Crippen LogP) is 1.15. The largest absolute Gasteiger partial charge is 0.351 e. The fraction of sp³-hybridized carbons (Fsp3) is 1.00. The molecule has 11 heavy (non-hydrogen) atoms. The summed E-state index contributed by atoms with van der Waals surface area (Å²) in [5.74, 6) is 0. The van der Waals surface area contributed by atoms with Crippen molar-refractivity contribution in [2.45, 2.75) is 33.1 Å². The van der Waals surface area contributed by atoms with Crippen molar-refractivity contribution in [3.8, 4) is 0 Å². The number of halogens is 1. The van der Waals surface area contributed by atoms with Crippen LogP contribution in [0.2, 0.25) is 0 Å². The molecular weight excluding hydrogens is 166 g/mol. The van der Waals surface area contributed by atoms with Crippen molar-refractivity contribution in [2.24, 2.45) is 5.73 Å². The van der Waals surface area contributed by atoms with Crippen molar-refractivity contribution in [1.29, 1.82) is 0 Å². The first-order chi connectivity index (χ1) is 4.72. The molecule has 0 aliphatic heterocycles. The molecule has 0 amide bonds. The molecule has 0 rings (SSSR count). The van der Waals surface area contributed by atoms with Crippen LogP contribution in [0.25, 0.3) is 0 Å². The molecule has 0 saturated carbocycles. The summed E-state index contributed by atoms with van der Waals surface area (Å²) >= 11 is 0. The molecule has 0 spiro atoms. The van der Waals surface area contributed by atoms with Crippen LogP contribution in [0.5, 0.6) is 0 Å². The Morgan fingerprint density at radius 1 is 1.18 bits per heavy atom. The Kier molecular flexibility index (Phi) is 10.3. The van der Waals surface area contributed by atoms with E-state index in [-0.39, 0.29) is 24.7 Å². The summed E-state index contributed by atoms with van der Waals surface area (Å²) in [7, 11) is 0. The summed E-state index contributed by atoms with van der Waals surface area (Å²) in [5.41, 5.74) is 5.56. The Labute approximate surface area is 74.6 Å². The monoisotopic (exact) mass is 183 g/mol. The lowest BCUT2D eigenvalue weighted by atomic mass is 10.3. The molecule has 0 aliphatic carbocycles. The van der Waals surface area contributed by atoms with E-state index in [2.05, 4.69) is 0 Å². The predicted molar refractivity (Wildman–Crippen MR) is 47.9 cm³/mol. The van der Waals surface area contributed by atoms with Crippen LogP contribution in [0.4, 0.5) is 0 Å². The summed E-state index contributed by atoms with van der Waals surface area (Å²) in [6.07, 6.45) is -0.241. The number of ether oxygens (including phenoxy) is 2. The fourth-order valence-corrected chi connectivity index (χ4v) is 0.680. The maximum Gasteiger partial charge on any atom is 0.172 e. The van der Waals surface area contributed by atoms with E-state index < -0.39 is 0 Å². The summed E-state index contributed by atoms with van der Waals surface area (Å²) < 4.78 is 10.4. The van der Waals surface area contributed by atoms with Gasteiger partial charge >= 0.3 is 0 Å². The van der Waals surface area contributed by atoms with Gasteiger partial charge in [-0.1, -0.05) is 0 Å². The van der Waals surface area contributed by atoms with E-state index >= 15 is 0 Å². The van der Waals surface area contributed by atoms with Crippen LogP contribution < -0.4 is 5.73 Å². The zero-order valence-corrected chi connectivity index (χ0v) is 8.19. The molecule has 0 bridgehead atoms. The molecule has 70 valence electrons. The third-order valence-electron chi connectivity index (χ3n) is 1.09. The molecule has 0 saturated heterocycles. The van der Waals surface area contributed by atoms with E-state index in [0.717, 1.165) is 0 Å². The lowest BCUT2D eigenvalue weighted by molar-refractivity contribution is -0.145. The first-order valence-electron chi connectivity index (χ1n) is 3.71. The van der Waals surface area contributed by atoms with Gasteiger partial charge in [-0.2, -0.15) is 0 Å². The number of hydrogen-bond acceptors (Lipinski definition) is 3. The van der Waals surface area contributed by atoms with Gasteiger partial charge in [-0.3, -0.25) is 0 Å². The Bertz CT molecular complexity index is 74.8. The second-order valence-electron chi connectivity index (χ2n) is 2.14. The van der Waals surface area contributed by atoms with Gasteiger partial charge in [0, 0.05) is 13.2 Å². The van der Waals surface area contributed by atoms with E-state index in [1.54, 1.807) is 0 Å². The summed E-state index contributed by atoms with van der Waals surface area (Å²) in [5, 5.41) is 0. The van der Waals surface area contributed by atoms with E-state index in [9.17, 15) is 0 Å². The fourth-order valence-electron chi connectivity index (χ4n) is 0.680. The Balaban J connectivity index is 0. The van der Waals surface area contributed by atoms with Crippen molar-refractivity contribution < 1.29 is 9.47 Å². The minimum Gasteiger partial charge on any atom is -0.351 e. The second-order valence-corrected chi connectivity index (χ2v) is 2.14. The zero-order valence-electron chi connectivity index (χ0n) is 7.37. The first kappa shape index (κ1) is 13.7. The normalized spacial score (nSPS) is 12.8. The smallest absolute Gasteiger partial charge is 0.172 e. The zero-order chi connectivity index (χ0) is 7.98. The van der Waals surface area contributed by atoms with Gasteiger partial charge in [0.1, 0.15) is 0 Å². The van der Waals surface area contributed by atoms with Gasteiger partial charge in [0.15, 0.2) is 6.29 Å². The van der Waals surface area contributed by atoms with Gasteiger partial charge in [0.2, 0.25) is 0 Å². The summed E-state index contributed by atoms with van der Waals surface area (Å²) in [4.78, 5) is 0. The van der Waals surface area contributed by atoms with Gasteiger partial charge in [0.25, 0.3) is 0 Å². The van der Waals surface area contributed by atoms with Crippen LogP contribution in [-0.2, 0) is 9.47 Å². The molecule has 3 nitrogen and oxygen atoms in total. The Morgan fingerprint density at radius 2 is 1.55 bits per heavy atom. The van der Waals surface area contributed by atoms with Crippen molar-refractivity contribution in [3.63, 3.8) is 0 Å². The van der Waals surface area contributed by atoms with Crippen LogP contribution in [0.1, 0.15) is 20.8 Å². The van der Waals surface area contributed by atoms with Crippen LogP contribution in [0, 0.1) is 0 Å². The minimum atomic E-state index is -0.241. The van der Waals surface area contributed by atoms with E-state index in [1.807, 2.05) is 20.8 Å². The van der Waals surface area contributed by atoms with E-state index in [0.29, 0.717) is 13.2 Å². The van der Waals surface area contributed by atoms with Gasteiger partial charge in [0.05, 0.1) is 6.04 Å². The molecule has 0 aromatic rings. The van der Waals surface area contributed by atoms with Crippen molar-refractivity contribution in [3.05, 3.63) is 0 Å². The molecule has 0 aliphatic rings. The van der Waals surface area contributed by atoms with Gasteiger partial charge in [-0.05, 0) is 20.8 Å². The quantitative estimate of drug-likeness (QED) is 0.651. The SMILES string of the molecule is CCOC(OCC)C(C)N.Cl. The third kappa shape index (κ3) is 6.56. The first-order valence-corrected chi connectivity index (χ1v) is 3.71. The highest BCUT2D eigenvalue weighted by molar-refractivity contribution is 5.85. The molecule has 1 unspecified atom stereocenters. The topological polar surface area (TPSA) is 44.5 Å². The van der Waals surface area contributed by atoms with Gasteiger partial charge in [-0.25, -0.2) is 0 Å². The summed E-state index contributed by atoms with van der Waals surface area (Å²) in [6, 6.07) is -0.0556. The number of hydrogen-bond donors (Lipinski definition) is 1. The molecule has 0 aromatic carbocycles. The number of rotatable bonds is 5. The van der Waals surface area contributed by atoms with Crippen LogP contribution >= 0.6 is 12.4 Å². The maximum atomic E-state index is 5.56. The molecular formula is C7H18ClNO2. The highest BCUT2D eigenvalue weighted by Crippen LogP contribution is 1.98. The lowest BCUT2D eigenvalue weighted by Crippen LogP contribution is -2.36. The second kappa shape index (κ2) is 8.27. The molecule has 0 radical (unpaired) electrons. The number of nitrogens with two attached hydrogens (primary N) is 1. The Hall–Kier alpha value is 0.170. The highest BCUT2D eigenvalue weighted by atomic mass is 35.5. The standard InChI is InChI=1S/C7H17NO2.ClH/c1-4-9-7(6(3)8)10-5-2;/h6-7H,4-5,8H2,1-3H3;1H. The summed E-state index contributed by atoms with van der Waals surface area (Å²) in [6.45, 7) is 7.01. The molecule has 0 fully saturated rings. The van der Waals surface area contributed by atoms with Crippen molar-refractivity contribution in [2.75, 3.05) is 13.2 Å². The van der Waals surface area contributed by atoms with Crippen molar-refractivity contribution in [1.82, 2.24) is 0 Å². The van der Waals surface area contributed by atoms with Crippen molar-refractivity contribution >= 4 is 12.4 Å². The highest BCUT2D eigenvalue weighted by Gasteiger charge is 2.11. The average Bonchev–Trinajstić information content (AvgIpc) is 1.87. The lowest BCUT2D eigenvalue weighted by Gasteiger charge is -2.19. The molecule has 4 heteroatoms. The average molecular weight is 184 g/mol.